The summed E-state index contributed by atoms with van der Waals surface area (Å²) in [7, 11) is 5.08. The van der Waals surface area contributed by atoms with E-state index in [9.17, 15) is 9.59 Å². The van der Waals surface area contributed by atoms with Gasteiger partial charge < -0.3 is 29.5 Å². The molecule has 0 unspecified atom stereocenters. The van der Waals surface area contributed by atoms with Crippen molar-refractivity contribution in [2.75, 3.05) is 67.1 Å². The second kappa shape index (κ2) is 11.9. The van der Waals surface area contributed by atoms with Gasteiger partial charge in [0.2, 0.25) is 5.91 Å². The molecule has 1 saturated heterocycles. The minimum atomic E-state index is -0.286. The van der Waals surface area contributed by atoms with Crippen LogP contribution in [-0.2, 0) is 16.0 Å². The highest BCUT2D eigenvalue weighted by molar-refractivity contribution is 5.85. The molecular weight excluding hydrogens is 386 g/mol. The Morgan fingerprint density at radius 2 is 1.73 bits per heavy atom. The fourth-order valence-corrected chi connectivity index (χ4v) is 2.98. The first kappa shape index (κ1) is 23.3. The van der Waals surface area contributed by atoms with Crippen LogP contribution in [0.4, 0.5) is 4.79 Å². The van der Waals surface area contributed by atoms with Crippen molar-refractivity contribution >= 4 is 18.0 Å². The number of amides is 2. The van der Waals surface area contributed by atoms with Gasteiger partial charge in [0.05, 0.1) is 13.7 Å². The van der Waals surface area contributed by atoms with E-state index in [4.69, 9.17) is 9.47 Å². The molecule has 1 fully saturated rings. The minimum Gasteiger partial charge on any atom is -0.497 e. The van der Waals surface area contributed by atoms with Crippen molar-refractivity contribution in [2.24, 2.45) is 4.99 Å². The number of rotatable bonds is 7. The predicted octanol–water partition coefficient (Wildman–Crippen LogP) is 1.05. The summed E-state index contributed by atoms with van der Waals surface area (Å²) in [5.41, 5.74) is 1.18. The lowest BCUT2D eigenvalue weighted by atomic mass is 10.1. The highest BCUT2D eigenvalue weighted by Crippen LogP contribution is 2.11. The predicted molar refractivity (Wildman–Crippen MR) is 116 cm³/mol. The highest BCUT2D eigenvalue weighted by atomic mass is 16.6. The largest absolute Gasteiger partial charge is 0.497 e. The summed E-state index contributed by atoms with van der Waals surface area (Å²) >= 11 is 0. The molecule has 0 aromatic heterocycles. The molecule has 1 aliphatic heterocycles. The van der Waals surface area contributed by atoms with Gasteiger partial charge in [-0.1, -0.05) is 12.1 Å². The van der Waals surface area contributed by atoms with E-state index < -0.39 is 0 Å². The second-order valence-corrected chi connectivity index (χ2v) is 7.13. The van der Waals surface area contributed by atoms with Gasteiger partial charge in [-0.3, -0.25) is 4.79 Å². The van der Waals surface area contributed by atoms with Crippen LogP contribution in [0.25, 0.3) is 0 Å². The summed E-state index contributed by atoms with van der Waals surface area (Å²) in [6, 6.07) is 7.94. The Morgan fingerprint density at radius 3 is 2.30 bits per heavy atom. The lowest BCUT2D eigenvalue weighted by molar-refractivity contribution is -0.127. The number of carbonyl (C=O) groups is 2. The third-order valence-corrected chi connectivity index (χ3v) is 4.82. The van der Waals surface area contributed by atoms with E-state index in [1.165, 1.54) is 10.5 Å². The van der Waals surface area contributed by atoms with E-state index in [2.05, 4.69) is 15.2 Å². The van der Waals surface area contributed by atoms with Gasteiger partial charge in [0.15, 0.2) is 5.96 Å². The molecule has 1 aromatic rings. The molecule has 0 radical (unpaired) electrons. The number of hydrogen-bond donors (Lipinski definition) is 1. The van der Waals surface area contributed by atoms with Crippen LogP contribution in [0.5, 0.6) is 5.75 Å². The van der Waals surface area contributed by atoms with Gasteiger partial charge in [-0.2, -0.15) is 0 Å². The van der Waals surface area contributed by atoms with Crippen molar-refractivity contribution in [3.05, 3.63) is 29.8 Å². The van der Waals surface area contributed by atoms with Gasteiger partial charge >= 0.3 is 6.09 Å². The minimum absolute atomic E-state index is 0.0605. The van der Waals surface area contributed by atoms with E-state index >= 15 is 0 Å². The van der Waals surface area contributed by atoms with Crippen molar-refractivity contribution in [1.82, 2.24) is 20.0 Å². The maximum atomic E-state index is 12.0. The molecule has 2 amide bonds. The summed E-state index contributed by atoms with van der Waals surface area (Å²) in [5, 5.41) is 3.37. The van der Waals surface area contributed by atoms with Crippen molar-refractivity contribution in [2.45, 2.75) is 13.3 Å². The molecular formula is C21H33N5O4. The molecule has 1 heterocycles. The van der Waals surface area contributed by atoms with Crippen molar-refractivity contribution in [3.8, 4) is 5.75 Å². The third-order valence-electron chi connectivity index (χ3n) is 4.82. The van der Waals surface area contributed by atoms with Crippen molar-refractivity contribution in [1.29, 1.82) is 0 Å². The zero-order valence-electron chi connectivity index (χ0n) is 18.4. The van der Waals surface area contributed by atoms with Gasteiger partial charge in [-0.25, -0.2) is 9.79 Å². The SMILES string of the molecule is CCOC(=O)N1CCN(C(=NCC(=O)N(C)C)NCCc2ccc(OC)cc2)CC1. The molecule has 0 atom stereocenters. The summed E-state index contributed by atoms with van der Waals surface area (Å²) in [6.45, 7) is 5.29. The number of nitrogens with zero attached hydrogens (tertiary/aromatic N) is 4. The average molecular weight is 420 g/mol. The fraction of sp³-hybridized carbons (Fsp3) is 0.571. The number of nitrogens with one attached hydrogen (secondary N) is 1. The Balaban J connectivity index is 1.95. The van der Waals surface area contributed by atoms with Crippen LogP contribution < -0.4 is 10.1 Å². The van der Waals surface area contributed by atoms with Crippen LogP contribution in [0.15, 0.2) is 29.3 Å². The first-order valence-electron chi connectivity index (χ1n) is 10.2. The van der Waals surface area contributed by atoms with Gasteiger partial charge in [-0.05, 0) is 31.0 Å². The smallest absolute Gasteiger partial charge is 0.409 e. The Hall–Kier alpha value is -2.97. The first-order valence-corrected chi connectivity index (χ1v) is 10.2. The van der Waals surface area contributed by atoms with Gasteiger partial charge in [-0.15, -0.1) is 0 Å². The van der Waals surface area contributed by atoms with Crippen LogP contribution in [0.3, 0.4) is 0 Å². The molecule has 1 N–H and O–H groups in total. The summed E-state index contributed by atoms with van der Waals surface area (Å²) in [5.74, 6) is 1.45. The summed E-state index contributed by atoms with van der Waals surface area (Å²) in [6.07, 6.45) is 0.527. The lowest BCUT2D eigenvalue weighted by Gasteiger charge is -2.36. The van der Waals surface area contributed by atoms with Crippen LogP contribution in [-0.4, -0.2) is 99.7 Å². The number of hydrogen-bond acceptors (Lipinski definition) is 5. The first-order chi connectivity index (χ1) is 14.4. The zero-order valence-corrected chi connectivity index (χ0v) is 18.4. The number of benzene rings is 1. The monoisotopic (exact) mass is 419 g/mol. The lowest BCUT2D eigenvalue weighted by Crippen LogP contribution is -2.54. The normalized spacial score (nSPS) is 14.3. The van der Waals surface area contributed by atoms with Crippen LogP contribution >= 0.6 is 0 Å². The van der Waals surface area contributed by atoms with E-state index in [1.54, 1.807) is 33.0 Å². The van der Waals surface area contributed by atoms with E-state index in [1.807, 2.05) is 24.3 Å². The van der Waals surface area contributed by atoms with E-state index in [0.29, 0.717) is 45.3 Å². The maximum absolute atomic E-state index is 12.0. The standard InChI is InChI=1S/C21H33N5O4/c1-5-30-21(28)26-14-12-25(13-15-26)20(23-16-19(27)24(2)3)22-11-10-17-6-8-18(29-4)9-7-17/h6-9H,5,10-16H2,1-4H3,(H,22,23). The summed E-state index contributed by atoms with van der Waals surface area (Å²) < 4.78 is 10.3. The van der Waals surface area contributed by atoms with E-state index in [-0.39, 0.29) is 18.5 Å². The molecule has 1 aromatic carbocycles. The van der Waals surface area contributed by atoms with Crippen molar-refractivity contribution in [3.63, 3.8) is 0 Å². The Morgan fingerprint density at radius 1 is 1.10 bits per heavy atom. The molecule has 166 valence electrons. The molecule has 9 heteroatoms. The van der Waals surface area contributed by atoms with Crippen LogP contribution in [0.1, 0.15) is 12.5 Å². The summed E-state index contributed by atoms with van der Waals surface area (Å²) in [4.78, 5) is 33.7. The molecule has 0 saturated carbocycles. The molecule has 0 aliphatic carbocycles. The number of ether oxygens (including phenoxy) is 2. The van der Waals surface area contributed by atoms with Crippen molar-refractivity contribution < 1.29 is 19.1 Å². The fourth-order valence-electron chi connectivity index (χ4n) is 2.98. The van der Waals surface area contributed by atoms with E-state index in [0.717, 1.165) is 12.2 Å². The number of aliphatic imine (C=N–C) groups is 1. The highest BCUT2D eigenvalue weighted by Gasteiger charge is 2.24. The Bertz CT molecular complexity index is 713. The van der Waals surface area contributed by atoms with Gasteiger partial charge in [0.25, 0.3) is 0 Å². The van der Waals surface area contributed by atoms with Crippen LogP contribution in [0, 0.1) is 0 Å². The molecule has 0 spiro atoms. The van der Waals surface area contributed by atoms with Gasteiger partial charge in [0, 0.05) is 46.8 Å². The second-order valence-electron chi connectivity index (χ2n) is 7.13. The number of methoxy groups -OCH3 is 1. The third kappa shape index (κ3) is 7.13. The molecule has 2 rings (SSSR count). The number of guanidine groups is 1. The molecule has 1 aliphatic rings. The van der Waals surface area contributed by atoms with Crippen LogP contribution in [0.2, 0.25) is 0 Å². The number of piperazine rings is 1. The topological polar surface area (TPSA) is 86.7 Å². The number of likely N-dealkylation sites (N-methyl/N-ethyl adjacent to an activating group) is 1. The number of carbonyl (C=O) groups excluding carboxylic acids is 2. The molecule has 0 bridgehead atoms. The molecule has 30 heavy (non-hydrogen) atoms. The quantitative estimate of drug-likeness (QED) is 0.525. The zero-order chi connectivity index (χ0) is 21.9. The average Bonchev–Trinajstić information content (AvgIpc) is 2.76. The Labute approximate surface area is 178 Å². The molecule has 9 nitrogen and oxygen atoms in total. The Kier molecular flexibility index (Phi) is 9.24. The van der Waals surface area contributed by atoms with Gasteiger partial charge in [0.1, 0.15) is 12.3 Å². The maximum Gasteiger partial charge on any atom is 0.409 e.